The molecular formula is C16H19ClN2. The van der Waals surface area contributed by atoms with E-state index < -0.39 is 0 Å². The van der Waals surface area contributed by atoms with Crippen LogP contribution in [-0.4, -0.2) is 11.9 Å². The van der Waals surface area contributed by atoms with Crippen molar-refractivity contribution in [3.63, 3.8) is 0 Å². The maximum Gasteiger partial charge on any atom is 0.0638 e. The van der Waals surface area contributed by atoms with Crippen molar-refractivity contribution in [2.45, 2.75) is 20.0 Å². The Hall–Kier alpha value is -1.51. The first-order valence-electron chi connectivity index (χ1n) is 6.33. The minimum absolute atomic E-state index is 0.627. The number of benzene rings is 2. The van der Waals surface area contributed by atoms with Gasteiger partial charge in [-0.25, -0.2) is 0 Å². The molecule has 2 nitrogen and oxygen atoms in total. The summed E-state index contributed by atoms with van der Waals surface area (Å²) >= 11 is 6.04. The summed E-state index contributed by atoms with van der Waals surface area (Å²) < 4.78 is 0. The Kier molecular flexibility index (Phi) is 4.46. The van der Waals surface area contributed by atoms with Crippen molar-refractivity contribution in [3.05, 3.63) is 64.2 Å². The van der Waals surface area contributed by atoms with E-state index in [9.17, 15) is 0 Å². The van der Waals surface area contributed by atoms with Crippen LogP contribution < -0.4 is 5.73 Å². The fourth-order valence-electron chi connectivity index (χ4n) is 2.11. The Balaban J connectivity index is 2.03. The van der Waals surface area contributed by atoms with Gasteiger partial charge in [0.15, 0.2) is 0 Å². The highest BCUT2D eigenvalue weighted by atomic mass is 35.5. The standard InChI is InChI=1S/C16H19ClN2/c1-12-5-3-4-6-14(12)11-19(2)10-13-7-8-16(18)15(17)9-13/h3-9H,10-11,18H2,1-2H3. The minimum atomic E-state index is 0.627. The van der Waals surface area contributed by atoms with Gasteiger partial charge in [0.2, 0.25) is 0 Å². The van der Waals surface area contributed by atoms with E-state index in [2.05, 4.69) is 43.1 Å². The molecule has 2 rings (SSSR count). The van der Waals surface area contributed by atoms with E-state index in [1.165, 1.54) is 16.7 Å². The topological polar surface area (TPSA) is 29.3 Å². The minimum Gasteiger partial charge on any atom is -0.398 e. The predicted molar refractivity (Wildman–Crippen MR) is 82.2 cm³/mol. The van der Waals surface area contributed by atoms with E-state index >= 15 is 0 Å². The van der Waals surface area contributed by atoms with Gasteiger partial charge in [-0.3, -0.25) is 4.90 Å². The molecule has 0 aliphatic rings. The zero-order chi connectivity index (χ0) is 13.8. The zero-order valence-electron chi connectivity index (χ0n) is 11.4. The summed E-state index contributed by atoms with van der Waals surface area (Å²) in [6, 6.07) is 14.3. The number of rotatable bonds is 4. The number of nitrogens with two attached hydrogens (primary N) is 1. The Labute approximate surface area is 119 Å². The maximum absolute atomic E-state index is 6.04. The second-order valence-corrected chi connectivity index (χ2v) is 5.36. The molecule has 19 heavy (non-hydrogen) atoms. The van der Waals surface area contributed by atoms with Gasteiger partial charge in [0.25, 0.3) is 0 Å². The lowest BCUT2D eigenvalue weighted by molar-refractivity contribution is 0.318. The van der Waals surface area contributed by atoms with Crippen LogP contribution in [0, 0.1) is 6.92 Å². The Morgan fingerprint density at radius 1 is 1.11 bits per heavy atom. The third kappa shape index (κ3) is 3.72. The third-order valence-electron chi connectivity index (χ3n) is 3.22. The lowest BCUT2D eigenvalue weighted by Crippen LogP contribution is -2.17. The van der Waals surface area contributed by atoms with Gasteiger partial charge in [0.05, 0.1) is 10.7 Å². The Morgan fingerprint density at radius 2 is 1.84 bits per heavy atom. The number of aryl methyl sites for hydroxylation is 1. The van der Waals surface area contributed by atoms with Crippen molar-refractivity contribution >= 4 is 17.3 Å². The average Bonchev–Trinajstić information content (AvgIpc) is 2.37. The fraction of sp³-hybridized carbons (Fsp3) is 0.250. The van der Waals surface area contributed by atoms with Crippen LogP contribution in [0.3, 0.4) is 0 Å². The second kappa shape index (κ2) is 6.09. The van der Waals surface area contributed by atoms with Gasteiger partial charge in [-0.2, -0.15) is 0 Å². The normalized spacial score (nSPS) is 10.9. The van der Waals surface area contributed by atoms with Crippen molar-refractivity contribution in [2.75, 3.05) is 12.8 Å². The first-order valence-corrected chi connectivity index (χ1v) is 6.71. The van der Waals surface area contributed by atoms with Crippen LogP contribution in [0.15, 0.2) is 42.5 Å². The van der Waals surface area contributed by atoms with Crippen LogP contribution in [0.4, 0.5) is 5.69 Å². The molecule has 3 heteroatoms. The van der Waals surface area contributed by atoms with Gasteiger partial charge in [-0.15, -0.1) is 0 Å². The summed E-state index contributed by atoms with van der Waals surface area (Å²) in [5, 5.41) is 0.627. The van der Waals surface area contributed by atoms with Crippen LogP contribution in [-0.2, 0) is 13.1 Å². The van der Waals surface area contributed by atoms with Gasteiger partial charge in [0.1, 0.15) is 0 Å². The zero-order valence-corrected chi connectivity index (χ0v) is 12.1. The number of nitrogens with zero attached hydrogens (tertiary/aromatic N) is 1. The molecule has 0 heterocycles. The molecule has 100 valence electrons. The summed E-state index contributed by atoms with van der Waals surface area (Å²) in [6.45, 7) is 3.92. The van der Waals surface area contributed by atoms with Gasteiger partial charge >= 0.3 is 0 Å². The maximum atomic E-state index is 6.04. The highest BCUT2D eigenvalue weighted by Crippen LogP contribution is 2.21. The van der Waals surface area contributed by atoms with E-state index in [0.29, 0.717) is 10.7 Å². The molecule has 0 atom stereocenters. The highest BCUT2D eigenvalue weighted by Gasteiger charge is 2.05. The monoisotopic (exact) mass is 274 g/mol. The van der Waals surface area contributed by atoms with Crippen LogP contribution >= 0.6 is 11.6 Å². The average molecular weight is 275 g/mol. The van der Waals surface area contributed by atoms with Crippen LogP contribution in [0.1, 0.15) is 16.7 Å². The van der Waals surface area contributed by atoms with Crippen LogP contribution in [0.2, 0.25) is 5.02 Å². The van der Waals surface area contributed by atoms with E-state index in [4.69, 9.17) is 17.3 Å². The molecule has 0 unspecified atom stereocenters. The van der Waals surface area contributed by atoms with Gasteiger partial charge in [-0.05, 0) is 42.8 Å². The number of hydrogen-bond acceptors (Lipinski definition) is 2. The molecule has 0 bridgehead atoms. The number of hydrogen-bond donors (Lipinski definition) is 1. The molecular weight excluding hydrogens is 256 g/mol. The predicted octanol–water partition coefficient (Wildman–Crippen LogP) is 3.86. The molecule has 0 saturated heterocycles. The van der Waals surface area contributed by atoms with Crippen LogP contribution in [0.25, 0.3) is 0 Å². The van der Waals surface area contributed by atoms with Crippen molar-refractivity contribution in [2.24, 2.45) is 0 Å². The Morgan fingerprint density at radius 3 is 2.53 bits per heavy atom. The number of nitrogen functional groups attached to an aromatic ring is 1. The molecule has 0 spiro atoms. The van der Waals surface area contributed by atoms with E-state index in [1.807, 2.05) is 18.2 Å². The molecule has 0 aromatic heterocycles. The summed E-state index contributed by atoms with van der Waals surface area (Å²) in [4.78, 5) is 2.27. The summed E-state index contributed by atoms with van der Waals surface area (Å²) in [5.74, 6) is 0. The molecule has 2 aromatic carbocycles. The summed E-state index contributed by atoms with van der Waals surface area (Å²) in [7, 11) is 2.11. The smallest absolute Gasteiger partial charge is 0.0638 e. The number of halogens is 1. The second-order valence-electron chi connectivity index (χ2n) is 4.95. The van der Waals surface area contributed by atoms with E-state index in [-0.39, 0.29) is 0 Å². The first-order chi connectivity index (χ1) is 9.06. The van der Waals surface area contributed by atoms with E-state index in [1.54, 1.807) is 0 Å². The lowest BCUT2D eigenvalue weighted by Gasteiger charge is -2.18. The van der Waals surface area contributed by atoms with Gasteiger partial charge in [-0.1, -0.05) is 41.9 Å². The van der Waals surface area contributed by atoms with Gasteiger partial charge < -0.3 is 5.73 Å². The van der Waals surface area contributed by atoms with Crippen molar-refractivity contribution in [3.8, 4) is 0 Å². The van der Waals surface area contributed by atoms with Crippen molar-refractivity contribution in [1.82, 2.24) is 4.90 Å². The molecule has 0 amide bonds. The molecule has 0 saturated carbocycles. The van der Waals surface area contributed by atoms with Crippen LogP contribution in [0.5, 0.6) is 0 Å². The third-order valence-corrected chi connectivity index (χ3v) is 3.55. The molecule has 0 fully saturated rings. The fourth-order valence-corrected chi connectivity index (χ4v) is 2.32. The lowest BCUT2D eigenvalue weighted by atomic mass is 10.1. The quantitative estimate of drug-likeness (QED) is 0.858. The molecule has 0 radical (unpaired) electrons. The van der Waals surface area contributed by atoms with Crippen molar-refractivity contribution < 1.29 is 0 Å². The van der Waals surface area contributed by atoms with E-state index in [0.717, 1.165) is 13.1 Å². The molecule has 0 aliphatic carbocycles. The Bertz CT molecular complexity index is 566. The number of anilines is 1. The van der Waals surface area contributed by atoms with Gasteiger partial charge in [0, 0.05) is 13.1 Å². The summed E-state index contributed by atoms with van der Waals surface area (Å²) in [5.41, 5.74) is 10.2. The van der Waals surface area contributed by atoms with Crippen molar-refractivity contribution in [1.29, 1.82) is 0 Å². The SMILES string of the molecule is Cc1ccccc1CN(C)Cc1ccc(N)c(Cl)c1. The summed E-state index contributed by atoms with van der Waals surface area (Å²) in [6.07, 6.45) is 0. The first kappa shape index (κ1) is 13.9. The molecule has 2 aromatic rings. The molecule has 0 aliphatic heterocycles. The highest BCUT2D eigenvalue weighted by molar-refractivity contribution is 6.33. The molecule has 2 N–H and O–H groups in total. The largest absolute Gasteiger partial charge is 0.398 e.